The third-order valence-electron chi connectivity index (χ3n) is 4.57. The fourth-order valence-electron chi connectivity index (χ4n) is 2.96. The van der Waals surface area contributed by atoms with Gasteiger partial charge in [0.1, 0.15) is 11.2 Å². The quantitative estimate of drug-likeness (QED) is 0.313. The fraction of sp³-hybridized carbons (Fsp3) is 0.833. The van der Waals surface area contributed by atoms with E-state index in [9.17, 15) is 9.59 Å². The van der Waals surface area contributed by atoms with E-state index in [-0.39, 0.29) is 11.7 Å². The molecule has 0 aliphatic carbocycles. The highest BCUT2D eigenvalue weighted by atomic mass is 16.6. The van der Waals surface area contributed by atoms with Gasteiger partial charge < -0.3 is 14.4 Å². The summed E-state index contributed by atoms with van der Waals surface area (Å²) in [6, 6.07) is 0. The molecule has 7 nitrogen and oxygen atoms in total. The summed E-state index contributed by atoms with van der Waals surface area (Å²) in [5, 5.41) is 0. The Morgan fingerprint density at radius 3 is 2.06 bits per heavy atom. The van der Waals surface area contributed by atoms with Gasteiger partial charge in [0.05, 0.1) is 6.67 Å². The van der Waals surface area contributed by atoms with Gasteiger partial charge in [0.25, 0.3) is 6.47 Å². The third kappa shape index (κ3) is 17.7. The normalized spacial score (nSPS) is 16.4. The van der Waals surface area contributed by atoms with Crippen LogP contribution in [0.25, 0.3) is 0 Å². The third-order valence-corrected chi connectivity index (χ3v) is 4.57. The molecular weight excluding hydrogens is 394 g/mol. The van der Waals surface area contributed by atoms with E-state index < -0.39 is 5.60 Å². The van der Waals surface area contributed by atoms with Crippen molar-refractivity contribution in [3.63, 3.8) is 0 Å². The Balaban J connectivity index is 0.00000110. The maximum atomic E-state index is 12.3. The highest BCUT2D eigenvalue weighted by Crippen LogP contribution is 2.12. The van der Waals surface area contributed by atoms with Crippen molar-refractivity contribution < 1.29 is 19.1 Å². The molecule has 0 N–H and O–H groups in total. The molecule has 0 bridgehead atoms. The molecule has 1 rings (SSSR count). The van der Waals surface area contributed by atoms with Crippen LogP contribution in [-0.2, 0) is 14.3 Å². The molecule has 1 saturated heterocycles. The van der Waals surface area contributed by atoms with E-state index in [2.05, 4.69) is 28.2 Å². The number of hydrogen-bond acceptors (Lipinski definition) is 6. The molecule has 0 radical (unpaired) electrons. The molecule has 0 aromatic carbocycles. The lowest BCUT2D eigenvalue weighted by molar-refractivity contribution is -0.138. The van der Waals surface area contributed by atoms with Crippen LogP contribution in [0.2, 0.25) is 0 Å². The number of likely N-dealkylation sites (N-methyl/N-ethyl adjacent to an activating group) is 1. The number of hydrogen-bond donors (Lipinski definition) is 0. The topological polar surface area (TPSA) is 62.3 Å². The Morgan fingerprint density at radius 2 is 1.55 bits per heavy atom. The van der Waals surface area contributed by atoms with Crippen molar-refractivity contribution in [1.82, 2.24) is 14.7 Å². The van der Waals surface area contributed by atoms with E-state index in [1.54, 1.807) is 0 Å². The minimum Gasteiger partial charge on any atom is -0.462 e. The van der Waals surface area contributed by atoms with Gasteiger partial charge in [-0.15, -0.1) is 6.58 Å². The zero-order chi connectivity index (χ0) is 23.9. The van der Waals surface area contributed by atoms with Gasteiger partial charge in [-0.1, -0.05) is 18.9 Å². The van der Waals surface area contributed by atoms with Gasteiger partial charge in [0.2, 0.25) is 0 Å². The molecule has 0 atom stereocenters. The highest BCUT2D eigenvalue weighted by Gasteiger charge is 2.24. The van der Waals surface area contributed by atoms with Gasteiger partial charge in [-0.25, -0.2) is 4.79 Å². The fourth-order valence-corrected chi connectivity index (χ4v) is 2.96. The van der Waals surface area contributed by atoms with E-state index in [0.717, 1.165) is 45.8 Å². The van der Waals surface area contributed by atoms with Crippen LogP contribution < -0.4 is 0 Å². The van der Waals surface area contributed by atoms with Crippen molar-refractivity contribution in [3.05, 3.63) is 12.7 Å². The molecule has 0 unspecified atom stereocenters. The summed E-state index contributed by atoms with van der Waals surface area (Å²) >= 11 is 0. The van der Waals surface area contributed by atoms with Crippen LogP contribution in [0, 0.1) is 0 Å². The summed E-state index contributed by atoms with van der Waals surface area (Å²) in [7, 11) is 2.12. The molecule has 182 valence electrons. The van der Waals surface area contributed by atoms with Gasteiger partial charge in [-0.3, -0.25) is 14.6 Å². The van der Waals surface area contributed by atoms with Gasteiger partial charge in [-0.05, 0) is 74.4 Å². The van der Waals surface area contributed by atoms with E-state index in [4.69, 9.17) is 4.74 Å². The second kappa shape index (κ2) is 15.2. The first-order chi connectivity index (χ1) is 14.4. The molecule has 0 spiro atoms. The summed E-state index contributed by atoms with van der Waals surface area (Å²) in [6.07, 6.45) is 7.94. The molecule has 1 heterocycles. The molecule has 7 heteroatoms. The highest BCUT2D eigenvalue weighted by molar-refractivity contribution is 5.68. The molecular formula is C24H47N3O4. The van der Waals surface area contributed by atoms with Crippen LogP contribution in [0.5, 0.6) is 0 Å². The van der Waals surface area contributed by atoms with Crippen molar-refractivity contribution in [2.24, 2.45) is 0 Å². The lowest BCUT2D eigenvalue weighted by Crippen LogP contribution is -2.50. The van der Waals surface area contributed by atoms with E-state index in [1.165, 1.54) is 25.7 Å². The van der Waals surface area contributed by atoms with Gasteiger partial charge in [0, 0.05) is 26.2 Å². The van der Waals surface area contributed by atoms with Gasteiger partial charge >= 0.3 is 6.09 Å². The first-order valence-corrected chi connectivity index (χ1v) is 11.5. The Morgan fingerprint density at radius 1 is 0.935 bits per heavy atom. The Kier molecular flexibility index (Phi) is 14.5. The van der Waals surface area contributed by atoms with Crippen molar-refractivity contribution >= 4 is 12.6 Å². The second-order valence-corrected chi connectivity index (χ2v) is 10.1. The molecule has 1 amide bonds. The minimum absolute atomic E-state index is 0.192. The smallest absolute Gasteiger partial charge is 0.410 e. The van der Waals surface area contributed by atoms with Gasteiger partial charge in [0.15, 0.2) is 0 Å². The van der Waals surface area contributed by atoms with Crippen LogP contribution in [-0.4, -0.2) is 84.9 Å². The first-order valence-electron chi connectivity index (χ1n) is 11.5. The summed E-state index contributed by atoms with van der Waals surface area (Å²) in [5.41, 5.74) is -0.752. The molecule has 0 aromatic heterocycles. The molecule has 0 aromatic rings. The Labute approximate surface area is 190 Å². The zero-order valence-corrected chi connectivity index (χ0v) is 21.1. The van der Waals surface area contributed by atoms with Crippen LogP contribution >= 0.6 is 0 Å². The van der Waals surface area contributed by atoms with Gasteiger partial charge in [-0.2, -0.15) is 0 Å². The molecule has 0 saturated carbocycles. The molecule has 1 fully saturated rings. The Bertz CT molecular complexity index is 512. The number of carbonyl (C=O) groups is 2. The lowest BCUT2D eigenvalue weighted by atomic mass is 10.1. The largest absolute Gasteiger partial charge is 0.462 e. The van der Waals surface area contributed by atoms with E-state index >= 15 is 0 Å². The summed E-state index contributed by atoms with van der Waals surface area (Å²) < 4.78 is 10.1. The number of nitrogens with zero attached hydrogens (tertiary/aromatic N) is 3. The van der Waals surface area contributed by atoms with Crippen LogP contribution in [0.4, 0.5) is 4.79 Å². The maximum Gasteiger partial charge on any atom is 0.410 e. The Hall–Kier alpha value is -1.60. The van der Waals surface area contributed by atoms with Crippen molar-refractivity contribution in [1.29, 1.82) is 0 Å². The summed E-state index contributed by atoms with van der Waals surface area (Å²) in [5.74, 6) is 0. The zero-order valence-electron chi connectivity index (χ0n) is 21.1. The number of carbonyl (C=O) groups excluding carboxylic acids is 2. The van der Waals surface area contributed by atoms with Crippen molar-refractivity contribution in [3.8, 4) is 0 Å². The van der Waals surface area contributed by atoms with Crippen LogP contribution in [0.1, 0.15) is 73.6 Å². The lowest BCUT2D eigenvalue weighted by Gasteiger charge is -2.35. The van der Waals surface area contributed by atoms with E-state index in [1.807, 2.05) is 52.5 Å². The minimum atomic E-state index is -0.434. The number of allylic oxidation sites excluding steroid dienone is 1. The van der Waals surface area contributed by atoms with E-state index in [0.29, 0.717) is 6.47 Å². The second-order valence-electron chi connectivity index (χ2n) is 10.1. The predicted octanol–water partition coefficient (Wildman–Crippen LogP) is 4.52. The molecule has 1 aliphatic rings. The average molecular weight is 442 g/mol. The standard InChI is InChI=1S/C19H37N3O2.C5H10O2/c1-6-7-8-9-10-11-12-21-14-16-22(15-13-20(5)17-21)18(23)24-19(2,3)4;1-5(2,3)7-4-6/h6H,1,7-17H2,2-5H3;4H,1-3H3. The van der Waals surface area contributed by atoms with Crippen molar-refractivity contribution in [2.45, 2.75) is 84.8 Å². The average Bonchev–Trinajstić information content (AvgIpc) is 2.60. The number of unbranched alkanes of at least 4 members (excludes halogenated alkanes) is 4. The van der Waals surface area contributed by atoms with Crippen LogP contribution in [0.15, 0.2) is 12.7 Å². The number of amides is 1. The number of rotatable bonds is 8. The maximum absolute atomic E-state index is 12.3. The summed E-state index contributed by atoms with van der Waals surface area (Å²) in [4.78, 5) is 28.5. The molecule has 1 aliphatic heterocycles. The number of ether oxygens (including phenoxy) is 2. The van der Waals surface area contributed by atoms with Crippen LogP contribution in [0.3, 0.4) is 0 Å². The summed E-state index contributed by atoms with van der Waals surface area (Å²) in [6.45, 7) is 20.8. The predicted molar refractivity (Wildman–Crippen MR) is 127 cm³/mol. The van der Waals surface area contributed by atoms with Crippen molar-refractivity contribution in [2.75, 3.05) is 46.4 Å². The monoisotopic (exact) mass is 441 g/mol. The molecule has 31 heavy (non-hydrogen) atoms. The first kappa shape index (κ1) is 29.4. The SMILES string of the molecule is C=CCCCCCCN1CCN(C(=O)OC(C)(C)C)CCN(C)C1.CC(C)(C)OC=O.